The van der Waals surface area contributed by atoms with Crippen LogP contribution in [0.4, 0.5) is 0 Å². The normalized spacial score (nSPS) is 41.4. The molecule has 0 radical (unpaired) electrons. The van der Waals surface area contributed by atoms with E-state index in [4.69, 9.17) is 0 Å². The summed E-state index contributed by atoms with van der Waals surface area (Å²) in [5.41, 5.74) is 0. The lowest BCUT2D eigenvalue weighted by Crippen LogP contribution is -2.46. The molecular weight excluding hydrogens is 230 g/mol. The molecule has 0 bridgehead atoms. The molecule has 2 aliphatic rings. The minimum Gasteiger partial charge on any atom is -0.313 e. The molecule has 0 saturated heterocycles. The van der Waals surface area contributed by atoms with Crippen LogP contribution in [-0.2, 0) is 0 Å². The second-order valence-electron chi connectivity index (χ2n) is 7.73. The van der Waals surface area contributed by atoms with E-state index < -0.39 is 0 Å². The van der Waals surface area contributed by atoms with Crippen molar-refractivity contribution in [2.24, 2.45) is 29.6 Å². The van der Waals surface area contributed by atoms with E-state index in [1.54, 1.807) is 0 Å². The fourth-order valence-corrected chi connectivity index (χ4v) is 4.99. The van der Waals surface area contributed by atoms with Crippen LogP contribution in [-0.4, -0.2) is 12.6 Å². The number of nitrogens with one attached hydrogen (secondary N) is 1. The Morgan fingerprint density at radius 1 is 1.00 bits per heavy atom. The summed E-state index contributed by atoms with van der Waals surface area (Å²) in [5.74, 6) is 4.72. The van der Waals surface area contributed by atoms with Crippen LogP contribution in [0.5, 0.6) is 0 Å². The lowest BCUT2D eigenvalue weighted by atomic mass is 9.69. The van der Waals surface area contributed by atoms with Gasteiger partial charge in [-0.05, 0) is 68.2 Å². The largest absolute Gasteiger partial charge is 0.313 e. The van der Waals surface area contributed by atoms with Crippen LogP contribution in [0.2, 0.25) is 0 Å². The molecule has 1 nitrogen and oxygen atoms in total. The number of rotatable bonds is 5. The first-order valence-corrected chi connectivity index (χ1v) is 8.85. The molecule has 2 saturated carbocycles. The van der Waals surface area contributed by atoms with E-state index >= 15 is 0 Å². The minimum absolute atomic E-state index is 0.808. The molecule has 0 aliphatic heterocycles. The van der Waals surface area contributed by atoms with Gasteiger partial charge in [0.25, 0.3) is 0 Å². The van der Waals surface area contributed by atoms with E-state index in [2.05, 4.69) is 33.0 Å². The zero-order valence-corrected chi connectivity index (χ0v) is 13.6. The molecule has 0 aromatic heterocycles. The van der Waals surface area contributed by atoms with Crippen LogP contribution in [0.3, 0.4) is 0 Å². The SMILES string of the molecule is CCCNC(C1CC(C)CC(C)C1)C1CCCC1C. The van der Waals surface area contributed by atoms with Gasteiger partial charge in [-0.15, -0.1) is 0 Å². The van der Waals surface area contributed by atoms with Crippen LogP contribution < -0.4 is 5.32 Å². The summed E-state index contributed by atoms with van der Waals surface area (Å²) in [6, 6.07) is 0.808. The third kappa shape index (κ3) is 3.97. The van der Waals surface area contributed by atoms with Crippen molar-refractivity contribution in [2.45, 2.75) is 78.7 Å². The first kappa shape index (κ1) is 15.4. The molecule has 2 fully saturated rings. The van der Waals surface area contributed by atoms with Gasteiger partial charge in [-0.2, -0.15) is 0 Å². The third-order valence-electron chi connectivity index (χ3n) is 5.74. The molecule has 5 atom stereocenters. The first-order chi connectivity index (χ1) is 9.11. The standard InChI is InChI=1S/C18H35N/c1-5-9-19-18(17-8-6-7-15(17)4)16-11-13(2)10-14(3)12-16/h13-19H,5-12H2,1-4H3. The average Bonchev–Trinajstić information content (AvgIpc) is 2.75. The molecular formula is C18H35N. The molecule has 2 rings (SSSR count). The fraction of sp³-hybridized carbons (Fsp3) is 1.00. The van der Waals surface area contributed by atoms with Crippen LogP contribution in [0.1, 0.15) is 72.6 Å². The monoisotopic (exact) mass is 265 g/mol. The van der Waals surface area contributed by atoms with Gasteiger partial charge in [0, 0.05) is 6.04 Å². The maximum absolute atomic E-state index is 3.95. The highest BCUT2D eigenvalue weighted by molar-refractivity contribution is 4.92. The second kappa shape index (κ2) is 7.11. The molecule has 5 unspecified atom stereocenters. The summed E-state index contributed by atoms with van der Waals surface area (Å²) in [5, 5.41) is 3.95. The van der Waals surface area contributed by atoms with Crippen molar-refractivity contribution >= 4 is 0 Å². The van der Waals surface area contributed by atoms with Crippen LogP contribution in [0, 0.1) is 29.6 Å². The summed E-state index contributed by atoms with van der Waals surface area (Å²) in [6.07, 6.45) is 10.1. The molecule has 1 N–H and O–H groups in total. The molecule has 2 aliphatic carbocycles. The van der Waals surface area contributed by atoms with Crippen molar-refractivity contribution in [2.75, 3.05) is 6.54 Å². The molecule has 0 amide bonds. The van der Waals surface area contributed by atoms with Gasteiger partial charge in [0.15, 0.2) is 0 Å². The quantitative estimate of drug-likeness (QED) is 0.748. The molecule has 0 heterocycles. The van der Waals surface area contributed by atoms with Crippen LogP contribution in [0.15, 0.2) is 0 Å². The Kier molecular flexibility index (Phi) is 5.74. The molecule has 19 heavy (non-hydrogen) atoms. The third-order valence-corrected chi connectivity index (χ3v) is 5.74. The fourth-order valence-electron chi connectivity index (χ4n) is 4.99. The lowest BCUT2D eigenvalue weighted by Gasteiger charge is -2.41. The first-order valence-electron chi connectivity index (χ1n) is 8.85. The van der Waals surface area contributed by atoms with Gasteiger partial charge in [-0.1, -0.05) is 40.5 Å². The average molecular weight is 265 g/mol. The van der Waals surface area contributed by atoms with E-state index in [-0.39, 0.29) is 0 Å². The van der Waals surface area contributed by atoms with Gasteiger partial charge in [-0.3, -0.25) is 0 Å². The summed E-state index contributed by atoms with van der Waals surface area (Å²) in [4.78, 5) is 0. The van der Waals surface area contributed by atoms with Crippen molar-refractivity contribution in [3.63, 3.8) is 0 Å². The van der Waals surface area contributed by atoms with E-state index in [1.807, 2.05) is 0 Å². The maximum Gasteiger partial charge on any atom is 0.0126 e. The second-order valence-corrected chi connectivity index (χ2v) is 7.73. The summed E-state index contributed by atoms with van der Waals surface area (Å²) in [7, 11) is 0. The molecule has 0 aromatic carbocycles. The Balaban J connectivity index is 2.03. The number of hydrogen-bond acceptors (Lipinski definition) is 1. The highest BCUT2D eigenvalue weighted by Gasteiger charge is 2.37. The van der Waals surface area contributed by atoms with E-state index in [0.29, 0.717) is 0 Å². The van der Waals surface area contributed by atoms with E-state index in [9.17, 15) is 0 Å². The van der Waals surface area contributed by atoms with Crippen LogP contribution in [0.25, 0.3) is 0 Å². The zero-order valence-electron chi connectivity index (χ0n) is 13.6. The Labute approximate surface area is 120 Å². The highest BCUT2D eigenvalue weighted by Crippen LogP contribution is 2.42. The predicted octanol–water partition coefficient (Wildman–Crippen LogP) is 4.86. The van der Waals surface area contributed by atoms with Gasteiger partial charge >= 0.3 is 0 Å². The van der Waals surface area contributed by atoms with Crippen molar-refractivity contribution in [3.8, 4) is 0 Å². The van der Waals surface area contributed by atoms with E-state index in [0.717, 1.165) is 35.6 Å². The Hall–Kier alpha value is -0.0400. The minimum atomic E-state index is 0.808. The zero-order chi connectivity index (χ0) is 13.8. The Morgan fingerprint density at radius 3 is 2.21 bits per heavy atom. The summed E-state index contributed by atoms with van der Waals surface area (Å²) >= 11 is 0. The topological polar surface area (TPSA) is 12.0 Å². The van der Waals surface area contributed by atoms with Crippen molar-refractivity contribution in [1.29, 1.82) is 0 Å². The van der Waals surface area contributed by atoms with Crippen molar-refractivity contribution in [1.82, 2.24) is 5.32 Å². The summed E-state index contributed by atoms with van der Waals surface area (Å²) in [6.45, 7) is 10.9. The van der Waals surface area contributed by atoms with Gasteiger partial charge < -0.3 is 5.32 Å². The Bertz CT molecular complexity index is 252. The predicted molar refractivity (Wildman–Crippen MR) is 84.3 cm³/mol. The van der Waals surface area contributed by atoms with Gasteiger partial charge in [-0.25, -0.2) is 0 Å². The lowest BCUT2D eigenvalue weighted by molar-refractivity contribution is 0.130. The molecule has 1 heteroatoms. The maximum atomic E-state index is 3.95. The van der Waals surface area contributed by atoms with Crippen LogP contribution >= 0.6 is 0 Å². The smallest absolute Gasteiger partial charge is 0.0126 e. The van der Waals surface area contributed by atoms with Crippen molar-refractivity contribution in [3.05, 3.63) is 0 Å². The highest BCUT2D eigenvalue weighted by atomic mass is 14.9. The van der Waals surface area contributed by atoms with E-state index in [1.165, 1.54) is 51.5 Å². The van der Waals surface area contributed by atoms with Gasteiger partial charge in [0.2, 0.25) is 0 Å². The molecule has 0 aromatic rings. The molecule has 0 spiro atoms. The van der Waals surface area contributed by atoms with Crippen molar-refractivity contribution < 1.29 is 0 Å². The number of hydrogen-bond donors (Lipinski definition) is 1. The Morgan fingerprint density at radius 2 is 1.68 bits per heavy atom. The van der Waals surface area contributed by atoms with Gasteiger partial charge in [0.05, 0.1) is 0 Å². The molecule has 112 valence electrons. The summed E-state index contributed by atoms with van der Waals surface area (Å²) < 4.78 is 0. The van der Waals surface area contributed by atoms with Gasteiger partial charge in [0.1, 0.15) is 0 Å².